The fraction of sp³-hybridized carbons (Fsp3) is 0. The Labute approximate surface area is 72.7 Å². The van der Waals surface area contributed by atoms with Gasteiger partial charge in [-0.05, 0) is 12.1 Å². The monoisotopic (exact) mass is 182 g/mol. The minimum absolute atomic E-state index is 0.148. The summed E-state index contributed by atoms with van der Waals surface area (Å²) in [5.41, 5.74) is 4.15. The van der Waals surface area contributed by atoms with E-state index >= 15 is 0 Å². The normalized spacial score (nSPS) is 9.54. The van der Waals surface area contributed by atoms with Gasteiger partial charge in [-0.1, -0.05) is 6.07 Å². The van der Waals surface area contributed by atoms with Crippen LogP contribution in [0.4, 0.5) is 11.4 Å². The maximum Gasteiger partial charge on any atom is 0.342 e. The van der Waals surface area contributed by atoms with Crippen LogP contribution < -0.4 is 5.73 Å². The van der Waals surface area contributed by atoms with Crippen molar-refractivity contribution in [2.75, 3.05) is 5.73 Å². The molecule has 0 fully saturated rings. The van der Waals surface area contributed by atoms with Crippen LogP contribution in [0.1, 0.15) is 10.4 Å². The largest absolute Gasteiger partial charge is 0.477 e. The van der Waals surface area contributed by atoms with E-state index in [1.54, 1.807) is 0 Å². The van der Waals surface area contributed by atoms with Gasteiger partial charge in [-0.25, -0.2) is 4.79 Å². The second-order valence-electron chi connectivity index (χ2n) is 2.31. The van der Waals surface area contributed by atoms with Gasteiger partial charge < -0.3 is 10.8 Å². The second kappa shape index (κ2) is 3.10. The van der Waals surface area contributed by atoms with E-state index in [0.29, 0.717) is 0 Å². The molecule has 0 atom stereocenters. The fourth-order valence-corrected chi connectivity index (χ4v) is 0.938. The van der Waals surface area contributed by atoms with Gasteiger partial charge >= 0.3 is 11.7 Å². The number of benzene rings is 1. The third kappa shape index (κ3) is 1.56. The molecule has 0 aromatic heterocycles. The number of aromatic carboxylic acids is 1. The average Bonchev–Trinajstić information content (AvgIpc) is 2.02. The maximum absolute atomic E-state index is 10.5. The number of hydrogen-bond acceptors (Lipinski definition) is 4. The molecule has 1 rings (SSSR count). The van der Waals surface area contributed by atoms with Gasteiger partial charge in [0.1, 0.15) is 11.3 Å². The number of nitrogens with two attached hydrogens (primary N) is 1. The van der Waals surface area contributed by atoms with E-state index in [-0.39, 0.29) is 5.69 Å². The lowest BCUT2D eigenvalue weighted by molar-refractivity contribution is -0.384. The van der Waals surface area contributed by atoms with Crippen LogP contribution in [0.25, 0.3) is 0 Å². The van der Waals surface area contributed by atoms with E-state index in [4.69, 9.17) is 10.8 Å². The molecule has 0 aliphatic carbocycles. The average molecular weight is 182 g/mol. The molecule has 0 heterocycles. The smallest absolute Gasteiger partial charge is 0.342 e. The molecule has 0 radical (unpaired) electrons. The van der Waals surface area contributed by atoms with E-state index in [0.717, 1.165) is 6.07 Å². The summed E-state index contributed by atoms with van der Waals surface area (Å²) in [4.78, 5) is 20.1. The van der Waals surface area contributed by atoms with Crippen molar-refractivity contribution >= 4 is 17.3 Å². The second-order valence-corrected chi connectivity index (χ2v) is 2.31. The third-order valence-corrected chi connectivity index (χ3v) is 1.48. The lowest BCUT2D eigenvalue weighted by atomic mass is 10.1. The predicted molar refractivity (Wildman–Crippen MR) is 44.5 cm³/mol. The number of para-hydroxylation sites is 1. The Balaban J connectivity index is 3.43. The number of hydrogen-bond donors (Lipinski definition) is 2. The van der Waals surface area contributed by atoms with Crippen LogP contribution in [0, 0.1) is 10.1 Å². The molecule has 0 aliphatic heterocycles. The van der Waals surface area contributed by atoms with Gasteiger partial charge in [-0.2, -0.15) is 0 Å². The SMILES string of the molecule is Nc1cccc(C(=O)O)c1[N+](=O)[O-]. The quantitative estimate of drug-likeness (QED) is 0.401. The van der Waals surface area contributed by atoms with Crippen LogP contribution in [0.15, 0.2) is 18.2 Å². The number of nitrogens with zero attached hydrogens (tertiary/aromatic N) is 1. The van der Waals surface area contributed by atoms with Crippen molar-refractivity contribution in [3.8, 4) is 0 Å². The van der Waals surface area contributed by atoms with E-state index in [2.05, 4.69) is 0 Å². The van der Waals surface area contributed by atoms with E-state index in [1.807, 2.05) is 0 Å². The molecule has 0 saturated carbocycles. The van der Waals surface area contributed by atoms with Crippen molar-refractivity contribution in [2.24, 2.45) is 0 Å². The Kier molecular flexibility index (Phi) is 2.14. The maximum atomic E-state index is 10.5. The highest BCUT2D eigenvalue weighted by Crippen LogP contribution is 2.25. The van der Waals surface area contributed by atoms with Crippen molar-refractivity contribution in [2.45, 2.75) is 0 Å². The zero-order valence-corrected chi connectivity index (χ0v) is 6.43. The molecule has 6 nitrogen and oxygen atoms in total. The molecule has 6 heteroatoms. The first-order valence-corrected chi connectivity index (χ1v) is 3.30. The van der Waals surface area contributed by atoms with E-state index < -0.39 is 22.1 Å². The number of carboxylic acids is 1. The summed E-state index contributed by atoms with van der Waals surface area (Å²) in [6.45, 7) is 0. The van der Waals surface area contributed by atoms with Crippen molar-refractivity contribution < 1.29 is 14.8 Å². The highest BCUT2D eigenvalue weighted by molar-refractivity contribution is 5.95. The molecular weight excluding hydrogens is 176 g/mol. The minimum Gasteiger partial charge on any atom is -0.477 e. The number of nitro benzene ring substituents is 1. The molecule has 1 aromatic carbocycles. The molecule has 68 valence electrons. The van der Waals surface area contributed by atoms with Crippen LogP contribution in [-0.4, -0.2) is 16.0 Å². The fourth-order valence-electron chi connectivity index (χ4n) is 0.938. The van der Waals surface area contributed by atoms with Crippen LogP contribution in [-0.2, 0) is 0 Å². The van der Waals surface area contributed by atoms with Crippen LogP contribution in [0.5, 0.6) is 0 Å². The molecule has 0 saturated heterocycles. The Bertz CT molecular complexity index is 375. The van der Waals surface area contributed by atoms with Gasteiger partial charge in [0.2, 0.25) is 0 Å². The van der Waals surface area contributed by atoms with Crippen molar-refractivity contribution in [1.82, 2.24) is 0 Å². The summed E-state index contributed by atoms with van der Waals surface area (Å²) >= 11 is 0. The van der Waals surface area contributed by atoms with Crippen molar-refractivity contribution in [3.63, 3.8) is 0 Å². The van der Waals surface area contributed by atoms with Gasteiger partial charge in [-0.3, -0.25) is 10.1 Å². The molecule has 0 aliphatic rings. The summed E-state index contributed by atoms with van der Waals surface area (Å²) in [6, 6.07) is 3.77. The van der Waals surface area contributed by atoms with Crippen LogP contribution >= 0.6 is 0 Å². The lowest BCUT2D eigenvalue weighted by Gasteiger charge is -1.99. The highest BCUT2D eigenvalue weighted by atomic mass is 16.6. The van der Waals surface area contributed by atoms with E-state index in [1.165, 1.54) is 12.1 Å². The van der Waals surface area contributed by atoms with Gasteiger partial charge in [0.05, 0.1) is 4.92 Å². The number of carbonyl (C=O) groups is 1. The summed E-state index contributed by atoms with van der Waals surface area (Å²) in [5.74, 6) is -1.36. The summed E-state index contributed by atoms with van der Waals surface area (Å²) < 4.78 is 0. The van der Waals surface area contributed by atoms with Gasteiger partial charge in [0.15, 0.2) is 0 Å². The predicted octanol–water partition coefficient (Wildman–Crippen LogP) is 0.875. The number of nitrogen functional groups attached to an aromatic ring is 1. The number of nitro groups is 1. The van der Waals surface area contributed by atoms with Crippen molar-refractivity contribution in [1.29, 1.82) is 0 Å². The summed E-state index contributed by atoms with van der Waals surface area (Å²) in [5, 5.41) is 19.0. The first-order chi connectivity index (χ1) is 6.04. The van der Waals surface area contributed by atoms with Gasteiger partial charge in [0, 0.05) is 0 Å². The molecule has 0 spiro atoms. The molecule has 1 aromatic rings. The van der Waals surface area contributed by atoms with Crippen LogP contribution in [0.3, 0.4) is 0 Å². The standard InChI is InChI=1S/C7H6N2O4/c8-5-3-1-2-4(7(10)11)6(5)9(12)13/h1-3H,8H2,(H,10,11). The molecule has 0 bridgehead atoms. The number of anilines is 1. The molecule has 13 heavy (non-hydrogen) atoms. The highest BCUT2D eigenvalue weighted by Gasteiger charge is 2.22. The van der Waals surface area contributed by atoms with Gasteiger partial charge in [-0.15, -0.1) is 0 Å². The van der Waals surface area contributed by atoms with E-state index in [9.17, 15) is 14.9 Å². The Morgan fingerprint density at radius 2 is 2.15 bits per heavy atom. The first-order valence-electron chi connectivity index (χ1n) is 3.30. The molecule has 0 amide bonds. The Morgan fingerprint density at radius 3 is 2.54 bits per heavy atom. The lowest BCUT2D eigenvalue weighted by Crippen LogP contribution is -2.05. The van der Waals surface area contributed by atoms with Gasteiger partial charge in [0.25, 0.3) is 0 Å². The summed E-state index contributed by atoms with van der Waals surface area (Å²) in [6.07, 6.45) is 0. The minimum atomic E-state index is -1.36. The number of carboxylic acid groups (broad SMARTS) is 1. The number of rotatable bonds is 2. The molecular formula is C7H6N2O4. The molecule has 3 N–H and O–H groups in total. The zero-order chi connectivity index (χ0) is 10.0. The Hall–Kier alpha value is -2.11. The first kappa shape index (κ1) is 8.98. The zero-order valence-electron chi connectivity index (χ0n) is 6.43. The summed E-state index contributed by atoms with van der Waals surface area (Å²) in [7, 11) is 0. The molecule has 0 unspecified atom stereocenters. The van der Waals surface area contributed by atoms with Crippen molar-refractivity contribution in [3.05, 3.63) is 33.9 Å². The van der Waals surface area contributed by atoms with Crippen LogP contribution in [0.2, 0.25) is 0 Å². The topological polar surface area (TPSA) is 106 Å². The third-order valence-electron chi connectivity index (χ3n) is 1.48. The Morgan fingerprint density at radius 1 is 1.54 bits per heavy atom.